The van der Waals surface area contributed by atoms with Crippen molar-refractivity contribution in [1.29, 1.82) is 0 Å². The van der Waals surface area contributed by atoms with Gasteiger partial charge in [0.1, 0.15) is 0 Å². The number of aromatic amines is 2. The Morgan fingerprint density at radius 1 is 0.420 bits per heavy atom. The molecule has 2 aliphatic rings. The van der Waals surface area contributed by atoms with Crippen LogP contribution in [0.3, 0.4) is 0 Å². The molecule has 32 nitrogen and oxygen atoms in total. The number of carboxylic acids is 4. The molecule has 4 aromatic carbocycles. The topological polar surface area (TPSA) is 513 Å². The molecule has 0 bridgehead atoms. The van der Waals surface area contributed by atoms with Gasteiger partial charge in [0.15, 0.2) is 11.4 Å². The number of nitrogens with one attached hydrogen (secondary N) is 2. The van der Waals surface area contributed by atoms with E-state index >= 15 is 0 Å². The molecule has 0 unspecified atom stereocenters. The summed E-state index contributed by atoms with van der Waals surface area (Å²) in [4.78, 5) is 96.2. The van der Waals surface area contributed by atoms with Gasteiger partial charge in [-0.15, -0.1) is 0 Å². The molecule has 2 aliphatic heterocycles. The first kappa shape index (κ1) is 71.2. The molecule has 0 fully saturated rings. The van der Waals surface area contributed by atoms with Crippen molar-refractivity contribution in [3.63, 3.8) is 0 Å². The van der Waals surface area contributed by atoms with Crippen molar-refractivity contribution in [3.05, 3.63) is 200 Å². The van der Waals surface area contributed by atoms with Crippen molar-refractivity contribution in [3.8, 4) is 11.4 Å². The molecule has 0 saturated carbocycles. The van der Waals surface area contributed by atoms with E-state index in [0.29, 0.717) is 10.0 Å². The van der Waals surface area contributed by atoms with E-state index in [9.17, 15) is 92.5 Å². The zero-order valence-electron chi connectivity index (χ0n) is 44.4. The first-order chi connectivity index (χ1) is 40.2. The van der Waals surface area contributed by atoms with Crippen LogP contribution in [0.15, 0.2) is 196 Å². The van der Waals surface area contributed by atoms with Crippen LogP contribution >= 0.6 is 0 Å². The molecular formula is C50H34K2N8O24S4. The van der Waals surface area contributed by atoms with E-state index in [1.807, 2.05) is 0 Å². The summed E-state index contributed by atoms with van der Waals surface area (Å²) in [5.41, 5.74) is -5.56. The number of nitrogens with zero attached hydrogens (tertiary/aromatic N) is 6. The zero-order valence-corrected chi connectivity index (χ0v) is 53.9. The molecule has 38 heteroatoms. The van der Waals surface area contributed by atoms with Gasteiger partial charge in [-0.1, -0.05) is 36.5 Å². The largest absolute Gasteiger partial charge is 1.00 e. The maximum atomic E-state index is 12.9. The summed E-state index contributed by atoms with van der Waals surface area (Å²) < 4.78 is 128. The van der Waals surface area contributed by atoms with Crippen LogP contribution in [0.1, 0.15) is 32.1 Å². The number of aromatic carboxylic acids is 2. The van der Waals surface area contributed by atoms with Gasteiger partial charge >= 0.3 is 115 Å². The Morgan fingerprint density at radius 2 is 0.682 bits per heavy atom. The van der Waals surface area contributed by atoms with Crippen molar-refractivity contribution in [2.75, 3.05) is 10.0 Å². The number of aromatic nitrogens is 4. The molecule has 8 N–H and O–H groups in total. The summed E-state index contributed by atoms with van der Waals surface area (Å²) in [6.45, 7) is 0. The number of rotatable bonds is 18. The molecule has 0 atom stereocenters. The third-order valence-electron chi connectivity index (χ3n) is 11.5. The number of amides is 2. The van der Waals surface area contributed by atoms with Gasteiger partial charge < -0.3 is 30.0 Å². The van der Waals surface area contributed by atoms with Crippen LogP contribution in [0.4, 0.5) is 11.4 Å². The van der Waals surface area contributed by atoms with Crippen molar-refractivity contribution in [2.45, 2.75) is 19.6 Å². The predicted molar refractivity (Wildman–Crippen MR) is 291 cm³/mol. The second-order valence-corrected chi connectivity index (χ2v) is 22.6. The summed E-state index contributed by atoms with van der Waals surface area (Å²) in [7, 11) is -18.0. The summed E-state index contributed by atoms with van der Waals surface area (Å²) in [5, 5.41) is 55.8. The average molecular weight is 1340 g/mol. The Bertz CT molecular complexity index is 4410. The van der Waals surface area contributed by atoms with E-state index in [4.69, 9.17) is 18.2 Å². The van der Waals surface area contributed by atoms with E-state index in [1.54, 1.807) is 0 Å². The van der Waals surface area contributed by atoms with Crippen LogP contribution in [0.25, 0.3) is 23.5 Å². The van der Waals surface area contributed by atoms with Crippen LogP contribution in [0.2, 0.25) is 0 Å². The molecule has 444 valence electrons. The summed E-state index contributed by atoms with van der Waals surface area (Å²) >= 11 is 0. The second kappa shape index (κ2) is 28.7. The fraction of sp³-hybridized carbons (Fsp3) is 0. The normalized spacial score (nSPS) is 14.8. The van der Waals surface area contributed by atoms with Crippen LogP contribution in [-0.4, -0.2) is 129 Å². The third kappa shape index (κ3) is 16.6. The summed E-state index contributed by atoms with van der Waals surface area (Å²) in [5.74, 6) is -8.32. The molecule has 6 aromatic rings. The van der Waals surface area contributed by atoms with Gasteiger partial charge in [0, 0.05) is 0 Å². The third-order valence-corrected chi connectivity index (χ3v) is 14.9. The van der Waals surface area contributed by atoms with Crippen LogP contribution in [0, 0.1) is 0 Å². The van der Waals surface area contributed by atoms with E-state index in [1.165, 1.54) is 36.5 Å². The van der Waals surface area contributed by atoms with Crippen LogP contribution < -0.4 is 134 Å². The van der Waals surface area contributed by atoms with Crippen molar-refractivity contribution in [1.82, 2.24) is 19.6 Å². The minimum atomic E-state index is -4.51. The SMILES string of the molecule is O=C(O)C1=NN(c2ccc(S(=O)(=O)O)cc2)C(=O)C1=CC=CC=Cc1c(C(=O)[O-])[nH]n(-c2ccc(S(=O)(=O)O)cc2)c1=O.O=C(O)C1=NN(c2ccc(S(=O)(=O)O)cc2)C(=O)C1=CC=CC=Cc1c(C(=O)[O-])[nH]n(-c2ccc(S(=O)(=O)O)cc2)c1=O.[K+].[K+]. The zero-order chi connectivity index (χ0) is 63.4. The minimum absolute atomic E-state index is 0. The van der Waals surface area contributed by atoms with E-state index in [2.05, 4.69) is 20.4 Å². The van der Waals surface area contributed by atoms with Crippen LogP contribution in [-0.2, 0) is 59.7 Å². The Kier molecular flexibility index (Phi) is 23.2. The maximum Gasteiger partial charge on any atom is 1.00 e. The number of H-pyrrole nitrogens is 2. The number of carboxylic acid groups (broad SMARTS) is 4. The standard InChI is InChI=1S/2C25H18N4O12S2.2K/c2*30-22-18(20(24(32)33)26-28(22)14-6-10-16(11-7-14)42(36,37)38)4-2-1-3-5-19-21(25(34)35)27-29(23(19)31)15-8-12-17(13-9-15)43(39,40)41;;/h2*1-13,26H,(H,32,33)(H,34,35)(H,36,37,38)(H,39,40,41);;/q;;2*+1/p-2. The fourth-order valence-electron chi connectivity index (χ4n) is 7.47. The molecule has 0 aliphatic carbocycles. The first-order valence-electron chi connectivity index (χ1n) is 23.1. The van der Waals surface area contributed by atoms with Gasteiger partial charge in [-0.05, 0) is 121 Å². The number of anilines is 2. The van der Waals surface area contributed by atoms with Gasteiger partial charge in [-0.3, -0.25) is 47.6 Å². The van der Waals surface area contributed by atoms with Crippen LogP contribution in [0.5, 0.6) is 0 Å². The predicted octanol–water partition coefficient (Wildman–Crippen LogP) is -5.98. The average Bonchev–Trinajstić information content (AvgIpc) is 2.74. The number of hydrogen-bond donors (Lipinski definition) is 8. The number of carbonyl (C=O) groups excluding carboxylic acids is 4. The number of hydrazone groups is 2. The number of carbonyl (C=O) groups is 6. The Balaban J connectivity index is 0.000000313. The fourth-order valence-corrected chi connectivity index (χ4v) is 9.39. The van der Waals surface area contributed by atoms with E-state index in [-0.39, 0.29) is 148 Å². The second-order valence-electron chi connectivity index (χ2n) is 16.9. The number of allylic oxidation sites excluding steroid dienone is 8. The molecule has 4 heterocycles. The van der Waals surface area contributed by atoms with E-state index < -0.39 is 130 Å². The Hall–Kier alpha value is -7.59. The molecule has 0 saturated heterocycles. The number of hydrogen-bond acceptors (Lipinski definition) is 20. The first-order valence-corrected chi connectivity index (χ1v) is 28.8. The number of benzene rings is 4. The molecule has 2 aromatic heterocycles. The number of aliphatic carboxylic acids is 2. The Morgan fingerprint density at radius 3 is 0.920 bits per heavy atom. The van der Waals surface area contributed by atoms with Gasteiger partial charge in [0.2, 0.25) is 0 Å². The minimum Gasteiger partial charge on any atom is -0.543 e. The van der Waals surface area contributed by atoms with Crippen molar-refractivity contribution in [2.24, 2.45) is 10.2 Å². The molecule has 2 amide bonds. The van der Waals surface area contributed by atoms with Crippen molar-refractivity contribution >= 4 is 111 Å². The van der Waals surface area contributed by atoms with E-state index in [0.717, 1.165) is 131 Å². The molecular weight excluding hydrogens is 1300 g/mol. The van der Waals surface area contributed by atoms with Gasteiger partial charge in [0.25, 0.3) is 63.4 Å². The van der Waals surface area contributed by atoms with Gasteiger partial charge in [-0.2, -0.15) is 53.9 Å². The molecule has 8 rings (SSSR count). The van der Waals surface area contributed by atoms with Gasteiger partial charge in [0.05, 0.1) is 87.9 Å². The monoisotopic (exact) mass is 1340 g/mol. The van der Waals surface area contributed by atoms with Crippen molar-refractivity contribution < 1.29 is 204 Å². The summed E-state index contributed by atoms with van der Waals surface area (Å²) in [6.07, 6.45) is 11.7. The quantitative estimate of drug-likeness (QED) is 0.0172. The maximum absolute atomic E-state index is 12.9. The molecule has 88 heavy (non-hydrogen) atoms. The van der Waals surface area contributed by atoms with Gasteiger partial charge in [-0.25, -0.2) is 19.0 Å². The summed E-state index contributed by atoms with van der Waals surface area (Å²) in [6, 6.07) is 17.1. The molecule has 0 spiro atoms. The Labute approximate surface area is 578 Å². The molecule has 0 radical (unpaired) electrons. The smallest absolute Gasteiger partial charge is 0.543 e.